The van der Waals surface area contributed by atoms with E-state index in [1.807, 2.05) is 0 Å². The number of carbonyl (C=O) groups excluding carboxylic acids is 3. The third-order valence-corrected chi connectivity index (χ3v) is 2.64. The lowest BCUT2D eigenvalue weighted by atomic mass is 10.2. The minimum Gasteiger partial charge on any atom is -0.483 e. The summed E-state index contributed by atoms with van der Waals surface area (Å²) in [5.74, 6) is -1.69. The molecule has 0 heterocycles. The van der Waals surface area contributed by atoms with Gasteiger partial charge in [-0.05, 0) is 19.1 Å². The second-order valence-electron chi connectivity index (χ2n) is 4.75. The topological polar surface area (TPSA) is 117 Å². The van der Waals surface area contributed by atoms with Crippen LogP contribution in [0, 0.1) is 0 Å². The van der Waals surface area contributed by atoms with Gasteiger partial charge in [0.05, 0.1) is 6.61 Å². The van der Waals surface area contributed by atoms with E-state index in [0.29, 0.717) is 6.61 Å². The lowest BCUT2D eigenvalue weighted by Crippen LogP contribution is -2.38. The van der Waals surface area contributed by atoms with Crippen LogP contribution in [0.4, 0.5) is 0 Å². The van der Waals surface area contributed by atoms with Crippen molar-refractivity contribution in [3.63, 3.8) is 0 Å². The van der Waals surface area contributed by atoms with Crippen molar-refractivity contribution in [2.45, 2.75) is 13.0 Å². The molecule has 126 valence electrons. The van der Waals surface area contributed by atoms with Crippen LogP contribution >= 0.6 is 0 Å². The molecular formula is C15H20N2O6. The van der Waals surface area contributed by atoms with E-state index >= 15 is 0 Å². The monoisotopic (exact) mass is 324 g/mol. The number of rotatable bonds is 9. The van der Waals surface area contributed by atoms with Gasteiger partial charge in [0.2, 0.25) is 0 Å². The van der Waals surface area contributed by atoms with Crippen LogP contribution in [0.2, 0.25) is 0 Å². The molecule has 0 aliphatic heterocycles. The first-order valence-electron chi connectivity index (χ1n) is 6.89. The van der Waals surface area contributed by atoms with Crippen LogP contribution in [0.25, 0.3) is 0 Å². The van der Waals surface area contributed by atoms with Gasteiger partial charge in [-0.2, -0.15) is 0 Å². The highest BCUT2D eigenvalue weighted by Gasteiger charge is 2.16. The van der Waals surface area contributed by atoms with E-state index in [4.69, 9.17) is 19.9 Å². The fraction of sp³-hybridized carbons (Fsp3) is 0.400. The molecular weight excluding hydrogens is 304 g/mol. The minimum atomic E-state index is -0.736. The molecule has 1 aromatic carbocycles. The van der Waals surface area contributed by atoms with Crippen LogP contribution in [0.5, 0.6) is 5.75 Å². The molecule has 3 N–H and O–H groups in total. The molecule has 0 saturated carbocycles. The predicted octanol–water partition coefficient (Wildman–Crippen LogP) is -0.141. The van der Waals surface area contributed by atoms with Crippen molar-refractivity contribution in [3.05, 3.63) is 29.8 Å². The maximum Gasteiger partial charge on any atom is 0.342 e. The number of para-hydroxylation sites is 1. The molecule has 0 aliphatic carbocycles. The number of ether oxygens (including phenoxy) is 3. The number of carbonyl (C=O) groups is 3. The fourth-order valence-electron chi connectivity index (χ4n) is 1.73. The third-order valence-electron chi connectivity index (χ3n) is 2.64. The highest BCUT2D eigenvalue weighted by Crippen LogP contribution is 2.18. The number of hydrogen-bond donors (Lipinski definition) is 2. The number of nitrogens with one attached hydrogen (secondary N) is 1. The average molecular weight is 324 g/mol. The molecule has 8 nitrogen and oxygen atoms in total. The predicted molar refractivity (Wildman–Crippen MR) is 80.9 cm³/mol. The Bertz CT molecular complexity index is 561. The molecule has 0 spiro atoms. The molecule has 1 aromatic rings. The van der Waals surface area contributed by atoms with E-state index in [-0.39, 0.29) is 24.0 Å². The van der Waals surface area contributed by atoms with Crippen molar-refractivity contribution in [2.24, 2.45) is 5.73 Å². The molecule has 0 aliphatic rings. The summed E-state index contributed by atoms with van der Waals surface area (Å²) in [6, 6.07) is 6.00. The maximum atomic E-state index is 12.0. The molecule has 23 heavy (non-hydrogen) atoms. The second kappa shape index (κ2) is 9.42. The molecule has 0 fully saturated rings. The number of hydrogen-bond acceptors (Lipinski definition) is 6. The van der Waals surface area contributed by atoms with Crippen molar-refractivity contribution in [1.29, 1.82) is 0 Å². The van der Waals surface area contributed by atoms with Crippen molar-refractivity contribution >= 4 is 17.8 Å². The number of nitrogens with two attached hydrogens (primary N) is 1. The van der Waals surface area contributed by atoms with Gasteiger partial charge >= 0.3 is 5.97 Å². The molecule has 2 amide bonds. The quantitative estimate of drug-likeness (QED) is 0.611. The van der Waals surface area contributed by atoms with Gasteiger partial charge < -0.3 is 25.3 Å². The Kier molecular flexibility index (Phi) is 7.55. The molecule has 0 aromatic heterocycles. The normalized spacial score (nSPS) is 11.4. The number of esters is 1. The van der Waals surface area contributed by atoms with Crippen molar-refractivity contribution < 1.29 is 28.6 Å². The summed E-state index contributed by atoms with van der Waals surface area (Å²) in [6.45, 7) is 1.32. The Hall–Kier alpha value is -2.61. The molecule has 1 atom stereocenters. The van der Waals surface area contributed by atoms with E-state index in [0.717, 1.165) is 0 Å². The summed E-state index contributed by atoms with van der Waals surface area (Å²) in [5, 5.41) is 2.61. The van der Waals surface area contributed by atoms with Gasteiger partial charge in [-0.25, -0.2) is 4.79 Å². The zero-order valence-corrected chi connectivity index (χ0v) is 13.0. The van der Waals surface area contributed by atoms with Crippen LogP contribution < -0.4 is 15.8 Å². The largest absolute Gasteiger partial charge is 0.483 e. The van der Waals surface area contributed by atoms with Gasteiger partial charge in [-0.15, -0.1) is 0 Å². The van der Waals surface area contributed by atoms with Crippen LogP contribution in [-0.2, 0) is 19.1 Å². The Morgan fingerprint density at radius 3 is 2.57 bits per heavy atom. The van der Waals surface area contributed by atoms with Gasteiger partial charge in [-0.3, -0.25) is 9.59 Å². The first-order valence-corrected chi connectivity index (χ1v) is 6.89. The Balaban J connectivity index is 2.57. The third kappa shape index (κ3) is 6.79. The zero-order valence-electron chi connectivity index (χ0n) is 13.0. The summed E-state index contributed by atoms with van der Waals surface area (Å²) in [4.78, 5) is 34.4. The van der Waals surface area contributed by atoms with Crippen LogP contribution in [0.1, 0.15) is 17.3 Å². The van der Waals surface area contributed by atoms with Gasteiger partial charge in [0.1, 0.15) is 11.3 Å². The second-order valence-corrected chi connectivity index (χ2v) is 4.75. The van der Waals surface area contributed by atoms with Crippen molar-refractivity contribution in [2.75, 3.05) is 26.9 Å². The average Bonchev–Trinajstić information content (AvgIpc) is 2.51. The Morgan fingerprint density at radius 2 is 1.91 bits per heavy atom. The van der Waals surface area contributed by atoms with Crippen molar-refractivity contribution in [3.8, 4) is 5.75 Å². The smallest absolute Gasteiger partial charge is 0.342 e. The zero-order chi connectivity index (χ0) is 17.2. The van der Waals surface area contributed by atoms with Gasteiger partial charge in [0.15, 0.2) is 13.2 Å². The van der Waals surface area contributed by atoms with Gasteiger partial charge in [0, 0.05) is 13.2 Å². The number of benzene rings is 1. The highest BCUT2D eigenvalue weighted by molar-refractivity contribution is 5.94. The number of methoxy groups -OCH3 is 1. The molecule has 1 unspecified atom stereocenters. The van der Waals surface area contributed by atoms with E-state index in [1.165, 1.54) is 19.2 Å². The lowest BCUT2D eigenvalue weighted by Gasteiger charge is -2.13. The molecule has 0 bridgehead atoms. The first kappa shape index (κ1) is 18.4. The first-order chi connectivity index (χ1) is 10.9. The summed E-state index contributed by atoms with van der Waals surface area (Å²) in [7, 11) is 1.52. The standard InChI is InChI=1S/C15H20N2O6/c1-10(7-21-2)17-14(19)9-23-15(20)11-5-3-4-6-12(11)22-8-13(16)18/h3-6,10H,7-9H2,1-2H3,(H2,16,18)(H,17,19). The summed E-state index contributed by atoms with van der Waals surface area (Å²) in [6.07, 6.45) is 0. The number of primary amides is 1. The van der Waals surface area contributed by atoms with Gasteiger partial charge in [0.25, 0.3) is 11.8 Å². The Labute approximate surface area is 133 Å². The van der Waals surface area contributed by atoms with Crippen LogP contribution in [-0.4, -0.2) is 50.8 Å². The van der Waals surface area contributed by atoms with Gasteiger partial charge in [-0.1, -0.05) is 12.1 Å². The van der Waals surface area contributed by atoms with E-state index in [9.17, 15) is 14.4 Å². The number of amides is 2. The van der Waals surface area contributed by atoms with E-state index in [1.54, 1.807) is 19.1 Å². The fourth-order valence-corrected chi connectivity index (χ4v) is 1.73. The lowest BCUT2D eigenvalue weighted by molar-refractivity contribution is -0.125. The molecule has 1 rings (SSSR count). The SMILES string of the molecule is COCC(C)NC(=O)COC(=O)c1ccccc1OCC(N)=O. The maximum absolute atomic E-state index is 12.0. The van der Waals surface area contributed by atoms with E-state index < -0.39 is 24.4 Å². The molecule has 0 saturated heterocycles. The van der Waals surface area contributed by atoms with Crippen molar-refractivity contribution in [1.82, 2.24) is 5.32 Å². The van der Waals surface area contributed by atoms with E-state index in [2.05, 4.69) is 5.32 Å². The van der Waals surface area contributed by atoms with Crippen LogP contribution in [0.3, 0.4) is 0 Å². The summed E-state index contributed by atoms with van der Waals surface area (Å²) in [5.41, 5.74) is 5.10. The van der Waals surface area contributed by atoms with Crippen LogP contribution in [0.15, 0.2) is 24.3 Å². The summed E-state index contributed by atoms with van der Waals surface area (Å²) < 4.78 is 14.9. The molecule has 8 heteroatoms. The minimum absolute atomic E-state index is 0.103. The molecule has 0 radical (unpaired) electrons. The highest BCUT2D eigenvalue weighted by atomic mass is 16.5. The Morgan fingerprint density at radius 1 is 1.22 bits per heavy atom. The summed E-state index contributed by atoms with van der Waals surface area (Å²) >= 11 is 0.